The molecule has 0 bridgehead atoms. The average molecular weight is 262 g/mol. The maximum absolute atomic E-state index is 11.5. The van der Waals surface area contributed by atoms with Gasteiger partial charge in [-0.15, -0.1) is 0 Å². The zero-order chi connectivity index (χ0) is 14.8. The SMILES string of the molecule is C=C1CC(=O)O[C@@H](/C(C)=C/C(C)=C/C(C)(C)C)[C@H]1C. The molecule has 0 aromatic heterocycles. The molecule has 0 unspecified atom stereocenters. The minimum Gasteiger partial charge on any atom is -0.457 e. The zero-order valence-electron chi connectivity index (χ0n) is 13.0. The van der Waals surface area contributed by atoms with Crippen LogP contribution < -0.4 is 0 Å². The van der Waals surface area contributed by atoms with Crippen molar-refractivity contribution < 1.29 is 9.53 Å². The first-order valence-electron chi connectivity index (χ1n) is 6.85. The van der Waals surface area contributed by atoms with E-state index in [1.54, 1.807) is 0 Å². The Balaban J connectivity index is 2.92. The first-order chi connectivity index (χ1) is 8.60. The van der Waals surface area contributed by atoms with Gasteiger partial charge < -0.3 is 4.74 Å². The van der Waals surface area contributed by atoms with Crippen molar-refractivity contribution in [1.29, 1.82) is 0 Å². The van der Waals surface area contributed by atoms with Crippen molar-refractivity contribution in [3.8, 4) is 0 Å². The number of rotatable bonds is 2. The Bertz CT molecular complexity index is 433. The molecule has 1 aliphatic rings. The number of esters is 1. The molecule has 0 N–H and O–H groups in total. The molecule has 0 spiro atoms. The van der Waals surface area contributed by atoms with Crippen LogP contribution in [0.2, 0.25) is 0 Å². The Kier molecular flexibility index (Phi) is 4.78. The molecule has 1 aliphatic heterocycles. The van der Waals surface area contributed by atoms with E-state index in [0.29, 0.717) is 6.42 Å². The van der Waals surface area contributed by atoms with Crippen molar-refractivity contribution in [2.24, 2.45) is 11.3 Å². The molecule has 2 nitrogen and oxygen atoms in total. The molecule has 1 rings (SSSR count). The fourth-order valence-corrected chi connectivity index (χ4v) is 2.50. The molecule has 0 amide bonds. The standard InChI is InChI=1S/C17H26O2/c1-11(10-17(5,6)7)8-13(3)16-14(4)12(2)9-15(18)19-16/h8,10,14,16H,2,9H2,1,3-7H3/b11-10+,13-8+/t14-,16-/m0/s1. The summed E-state index contributed by atoms with van der Waals surface area (Å²) < 4.78 is 5.47. The summed E-state index contributed by atoms with van der Waals surface area (Å²) in [6, 6.07) is 0. The van der Waals surface area contributed by atoms with Crippen LogP contribution in [0, 0.1) is 11.3 Å². The molecule has 1 fully saturated rings. The Labute approximate surface area is 117 Å². The lowest BCUT2D eigenvalue weighted by Gasteiger charge is -2.31. The Morgan fingerprint density at radius 2 is 1.95 bits per heavy atom. The number of hydrogen-bond donors (Lipinski definition) is 0. The highest BCUT2D eigenvalue weighted by Crippen LogP contribution is 2.30. The summed E-state index contributed by atoms with van der Waals surface area (Å²) in [5.74, 6) is 0.0229. The predicted octanol–water partition coefficient (Wildman–Crippen LogP) is 4.43. The summed E-state index contributed by atoms with van der Waals surface area (Å²) in [5, 5.41) is 0. The molecule has 0 aromatic rings. The average Bonchev–Trinajstić information content (AvgIpc) is 2.20. The van der Waals surface area contributed by atoms with Gasteiger partial charge in [0.25, 0.3) is 0 Å². The van der Waals surface area contributed by atoms with Gasteiger partial charge in [-0.3, -0.25) is 4.79 Å². The second kappa shape index (κ2) is 5.77. The Hall–Kier alpha value is -1.31. The third-order valence-corrected chi connectivity index (χ3v) is 3.29. The van der Waals surface area contributed by atoms with Crippen molar-refractivity contribution >= 4 is 5.97 Å². The van der Waals surface area contributed by atoms with Gasteiger partial charge >= 0.3 is 5.97 Å². The third kappa shape index (κ3) is 4.70. The highest BCUT2D eigenvalue weighted by atomic mass is 16.5. The number of cyclic esters (lactones) is 1. The van der Waals surface area contributed by atoms with Crippen LogP contribution in [0.1, 0.15) is 48.0 Å². The van der Waals surface area contributed by atoms with Gasteiger partial charge in [-0.1, -0.05) is 57.6 Å². The van der Waals surface area contributed by atoms with E-state index in [4.69, 9.17) is 4.74 Å². The van der Waals surface area contributed by atoms with Gasteiger partial charge in [0.15, 0.2) is 0 Å². The molecule has 1 saturated heterocycles. The predicted molar refractivity (Wildman–Crippen MR) is 79.8 cm³/mol. The van der Waals surface area contributed by atoms with Crippen molar-refractivity contribution in [1.82, 2.24) is 0 Å². The quantitative estimate of drug-likeness (QED) is 0.418. The number of allylic oxidation sites excluding steroid dienone is 3. The molecule has 0 saturated carbocycles. The van der Waals surface area contributed by atoms with Crippen LogP contribution in [0.25, 0.3) is 0 Å². The van der Waals surface area contributed by atoms with E-state index in [-0.39, 0.29) is 23.4 Å². The van der Waals surface area contributed by atoms with Crippen molar-refractivity contribution in [3.05, 3.63) is 35.5 Å². The van der Waals surface area contributed by atoms with Gasteiger partial charge in [0, 0.05) is 5.92 Å². The van der Waals surface area contributed by atoms with Crippen LogP contribution >= 0.6 is 0 Å². The van der Waals surface area contributed by atoms with E-state index in [9.17, 15) is 4.79 Å². The highest BCUT2D eigenvalue weighted by Gasteiger charge is 2.31. The molecule has 2 heteroatoms. The minimum absolute atomic E-state index is 0.152. The van der Waals surface area contributed by atoms with E-state index in [1.165, 1.54) is 5.57 Å². The van der Waals surface area contributed by atoms with Crippen LogP contribution in [0.3, 0.4) is 0 Å². The van der Waals surface area contributed by atoms with Crippen molar-refractivity contribution in [2.45, 2.75) is 54.1 Å². The maximum Gasteiger partial charge on any atom is 0.310 e. The molecule has 2 atom stereocenters. The van der Waals surface area contributed by atoms with Crippen molar-refractivity contribution in [3.63, 3.8) is 0 Å². The van der Waals surface area contributed by atoms with Gasteiger partial charge in [-0.25, -0.2) is 0 Å². The molecule has 0 radical (unpaired) electrons. The van der Waals surface area contributed by atoms with Crippen LogP contribution in [0.15, 0.2) is 35.5 Å². The lowest BCUT2D eigenvalue weighted by Crippen LogP contribution is -2.33. The maximum atomic E-state index is 11.5. The first kappa shape index (κ1) is 15.7. The molecule has 106 valence electrons. The van der Waals surface area contributed by atoms with E-state index in [1.807, 2.05) is 6.92 Å². The monoisotopic (exact) mass is 262 g/mol. The molecular formula is C17H26O2. The molecular weight excluding hydrogens is 236 g/mol. The summed E-state index contributed by atoms with van der Waals surface area (Å²) in [7, 11) is 0. The van der Waals surface area contributed by atoms with Crippen LogP contribution in [-0.4, -0.2) is 12.1 Å². The van der Waals surface area contributed by atoms with Gasteiger partial charge in [0.05, 0.1) is 6.42 Å². The van der Waals surface area contributed by atoms with E-state index >= 15 is 0 Å². The summed E-state index contributed by atoms with van der Waals surface area (Å²) in [6.07, 6.45) is 4.51. The van der Waals surface area contributed by atoms with E-state index in [2.05, 4.69) is 53.3 Å². The topological polar surface area (TPSA) is 26.3 Å². The fraction of sp³-hybridized carbons (Fsp3) is 0.588. The molecule has 1 heterocycles. The zero-order valence-corrected chi connectivity index (χ0v) is 13.0. The number of carbonyl (C=O) groups excluding carboxylic acids is 1. The fourth-order valence-electron chi connectivity index (χ4n) is 2.50. The number of hydrogen-bond acceptors (Lipinski definition) is 2. The summed E-state index contributed by atoms with van der Waals surface area (Å²) in [4.78, 5) is 11.5. The largest absolute Gasteiger partial charge is 0.457 e. The lowest BCUT2D eigenvalue weighted by molar-refractivity contribution is -0.151. The Morgan fingerprint density at radius 1 is 1.37 bits per heavy atom. The second-order valence-electron chi connectivity index (χ2n) is 6.68. The molecule has 19 heavy (non-hydrogen) atoms. The second-order valence-corrected chi connectivity index (χ2v) is 6.68. The minimum atomic E-state index is -0.169. The van der Waals surface area contributed by atoms with Crippen LogP contribution in [0.5, 0.6) is 0 Å². The Morgan fingerprint density at radius 3 is 2.47 bits per heavy atom. The summed E-state index contributed by atoms with van der Waals surface area (Å²) in [5.41, 5.74) is 3.40. The van der Waals surface area contributed by atoms with E-state index < -0.39 is 0 Å². The summed E-state index contributed by atoms with van der Waals surface area (Å²) >= 11 is 0. The number of ether oxygens (including phenoxy) is 1. The summed E-state index contributed by atoms with van der Waals surface area (Å²) in [6.45, 7) is 16.7. The lowest BCUT2D eigenvalue weighted by atomic mass is 9.86. The van der Waals surface area contributed by atoms with E-state index in [0.717, 1.165) is 11.1 Å². The third-order valence-electron chi connectivity index (χ3n) is 3.29. The van der Waals surface area contributed by atoms with Gasteiger partial charge in [0.1, 0.15) is 6.10 Å². The first-order valence-corrected chi connectivity index (χ1v) is 6.85. The van der Waals surface area contributed by atoms with Crippen LogP contribution in [-0.2, 0) is 9.53 Å². The number of carbonyl (C=O) groups is 1. The van der Waals surface area contributed by atoms with Crippen molar-refractivity contribution in [2.75, 3.05) is 0 Å². The smallest absolute Gasteiger partial charge is 0.310 e. The van der Waals surface area contributed by atoms with Gasteiger partial charge in [0.2, 0.25) is 0 Å². The normalized spacial score (nSPS) is 26.4. The van der Waals surface area contributed by atoms with Crippen LogP contribution in [0.4, 0.5) is 0 Å². The highest BCUT2D eigenvalue weighted by molar-refractivity contribution is 5.74. The van der Waals surface area contributed by atoms with Gasteiger partial charge in [-0.2, -0.15) is 0 Å². The van der Waals surface area contributed by atoms with Gasteiger partial charge in [-0.05, 0) is 24.8 Å². The molecule has 0 aliphatic carbocycles. The molecule has 0 aromatic carbocycles.